The Labute approximate surface area is 224 Å². The number of hydrogen-bond donors (Lipinski definition) is 4. The third-order valence-corrected chi connectivity index (χ3v) is 7.67. The summed E-state index contributed by atoms with van der Waals surface area (Å²) in [6.45, 7) is 4.68. The molecule has 0 saturated heterocycles. The molecule has 2 heterocycles. The Kier molecular flexibility index (Phi) is 10.3. The van der Waals surface area contributed by atoms with Crippen LogP contribution in [-0.4, -0.2) is 61.3 Å². The van der Waals surface area contributed by atoms with Crippen molar-refractivity contribution in [1.82, 2.24) is 19.9 Å². The Hall–Kier alpha value is -2.92. The molecule has 1 aliphatic rings. The number of rotatable bonds is 9. The van der Waals surface area contributed by atoms with Gasteiger partial charge in [0.05, 0.1) is 18.1 Å². The van der Waals surface area contributed by atoms with Crippen LogP contribution >= 0.6 is 0 Å². The zero-order chi connectivity index (χ0) is 27.9. The molecule has 2 aromatic rings. The molecule has 0 radical (unpaired) electrons. The summed E-state index contributed by atoms with van der Waals surface area (Å²) >= 11 is 0. The number of amides is 2. The van der Waals surface area contributed by atoms with Crippen LogP contribution in [0.3, 0.4) is 0 Å². The Bertz CT molecular complexity index is 1240. The number of nitrogens with one attached hydrogen (secondary N) is 3. The van der Waals surface area contributed by atoms with Crippen LogP contribution in [0.2, 0.25) is 0 Å². The molecule has 0 fully saturated rings. The van der Waals surface area contributed by atoms with E-state index in [0.717, 1.165) is 55.0 Å². The molecule has 1 aromatic heterocycles. The first-order chi connectivity index (χ1) is 18.0. The highest BCUT2D eigenvalue weighted by atomic mass is 32.2. The summed E-state index contributed by atoms with van der Waals surface area (Å²) in [6.07, 6.45) is 7.34. The van der Waals surface area contributed by atoms with Crippen molar-refractivity contribution in [2.24, 2.45) is 17.8 Å². The number of carboxylic acid groups (broad SMARTS) is 1. The standard InChI is InChI=1S/C27H40N4O6S/c1-18(2)14-21(22(27(34)35)16-29-38(3,36)37)25(32)30-23-15-19-17-31(24-11-7-6-10-20(19)24)13-9-5-4-8-12-28-26(23)33/h6-7,10-11,17-18,21-23,29H,4-5,8-9,12-16H2,1-3H3,(H,28,33)(H,30,32)(H,34,35)/t21-,22?,23+/m1/s1. The maximum atomic E-state index is 13.6. The summed E-state index contributed by atoms with van der Waals surface area (Å²) in [7, 11) is -3.66. The number of aliphatic carboxylic acids is 1. The second kappa shape index (κ2) is 13.2. The number of para-hydroxylation sites is 1. The van der Waals surface area contributed by atoms with Crippen molar-refractivity contribution in [3.63, 3.8) is 0 Å². The van der Waals surface area contributed by atoms with Gasteiger partial charge in [-0.05, 0) is 36.8 Å². The number of carbonyl (C=O) groups is 3. The van der Waals surface area contributed by atoms with Crippen LogP contribution in [0.1, 0.15) is 51.5 Å². The normalized spacial score (nSPS) is 19.1. The van der Waals surface area contributed by atoms with E-state index < -0.39 is 46.3 Å². The second-order valence-corrected chi connectivity index (χ2v) is 12.5. The topological polar surface area (TPSA) is 147 Å². The number of sulfonamides is 1. The van der Waals surface area contributed by atoms with Crippen molar-refractivity contribution in [1.29, 1.82) is 0 Å². The van der Waals surface area contributed by atoms with Crippen molar-refractivity contribution in [2.75, 3.05) is 19.3 Å². The molecule has 1 aliphatic heterocycles. The SMILES string of the molecule is CC(C)C[C@@H](C(=O)N[C@H]1Cc2cn(c3ccccc23)CCCCCCNC1=O)C(CNS(C)(=O)=O)C(=O)O. The summed E-state index contributed by atoms with van der Waals surface area (Å²) in [6, 6.07) is 7.06. The molecule has 10 nitrogen and oxygen atoms in total. The molecule has 3 rings (SSSR count). The summed E-state index contributed by atoms with van der Waals surface area (Å²) < 4.78 is 27.7. The fourth-order valence-electron chi connectivity index (χ4n) is 5.08. The number of hydrogen-bond acceptors (Lipinski definition) is 5. The van der Waals surface area contributed by atoms with E-state index in [-0.39, 0.29) is 24.7 Å². The van der Waals surface area contributed by atoms with E-state index in [1.165, 1.54) is 0 Å². The quantitative estimate of drug-likeness (QED) is 0.378. The molecule has 2 bridgehead atoms. The third kappa shape index (κ3) is 8.29. The highest BCUT2D eigenvalue weighted by Crippen LogP contribution is 2.25. The van der Waals surface area contributed by atoms with Gasteiger partial charge in [-0.15, -0.1) is 0 Å². The maximum absolute atomic E-state index is 13.6. The Morgan fingerprint density at radius 1 is 1.13 bits per heavy atom. The first-order valence-electron chi connectivity index (χ1n) is 13.3. The molecule has 4 N–H and O–H groups in total. The molecule has 2 amide bonds. The number of carboxylic acids is 1. The van der Waals surface area contributed by atoms with Gasteiger partial charge in [0.25, 0.3) is 0 Å². The summed E-state index contributed by atoms with van der Waals surface area (Å²) in [5.74, 6) is -4.51. The van der Waals surface area contributed by atoms with E-state index in [1.807, 2.05) is 44.3 Å². The molecule has 210 valence electrons. The van der Waals surface area contributed by atoms with Crippen LogP contribution in [0.25, 0.3) is 10.9 Å². The number of nitrogens with zero attached hydrogens (tertiary/aromatic N) is 1. The minimum atomic E-state index is -3.66. The minimum Gasteiger partial charge on any atom is -0.481 e. The lowest BCUT2D eigenvalue weighted by Crippen LogP contribution is -2.52. The van der Waals surface area contributed by atoms with Gasteiger partial charge in [-0.3, -0.25) is 14.4 Å². The van der Waals surface area contributed by atoms with Gasteiger partial charge in [0, 0.05) is 43.2 Å². The number of carbonyl (C=O) groups excluding carboxylic acids is 2. The summed E-state index contributed by atoms with van der Waals surface area (Å²) in [4.78, 5) is 39.0. The van der Waals surface area contributed by atoms with Crippen molar-refractivity contribution in [3.8, 4) is 0 Å². The lowest BCUT2D eigenvalue weighted by Gasteiger charge is -2.27. The molecular weight excluding hydrogens is 508 g/mol. The highest BCUT2D eigenvalue weighted by molar-refractivity contribution is 7.88. The molecule has 1 aromatic carbocycles. The van der Waals surface area contributed by atoms with E-state index in [0.29, 0.717) is 6.54 Å². The van der Waals surface area contributed by atoms with E-state index >= 15 is 0 Å². The van der Waals surface area contributed by atoms with Crippen LogP contribution in [0.5, 0.6) is 0 Å². The highest BCUT2D eigenvalue weighted by Gasteiger charge is 2.36. The first kappa shape index (κ1) is 29.6. The molecule has 38 heavy (non-hydrogen) atoms. The number of benzene rings is 1. The lowest BCUT2D eigenvalue weighted by atomic mass is 9.84. The average Bonchev–Trinajstić information content (AvgIpc) is 3.18. The van der Waals surface area contributed by atoms with Crippen LogP contribution in [-0.2, 0) is 37.4 Å². The Morgan fingerprint density at radius 2 is 1.84 bits per heavy atom. The predicted octanol–water partition coefficient (Wildman–Crippen LogP) is 2.27. The van der Waals surface area contributed by atoms with E-state index in [4.69, 9.17) is 0 Å². The first-order valence-corrected chi connectivity index (χ1v) is 15.2. The van der Waals surface area contributed by atoms with Crippen molar-refractivity contribution in [3.05, 3.63) is 36.0 Å². The van der Waals surface area contributed by atoms with Gasteiger partial charge in [0.15, 0.2) is 0 Å². The van der Waals surface area contributed by atoms with Crippen molar-refractivity contribution >= 4 is 38.7 Å². The molecule has 3 atom stereocenters. The Balaban J connectivity index is 1.92. The molecule has 0 aliphatic carbocycles. The van der Waals surface area contributed by atoms with Crippen LogP contribution < -0.4 is 15.4 Å². The lowest BCUT2D eigenvalue weighted by molar-refractivity contribution is -0.147. The van der Waals surface area contributed by atoms with Crippen molar-refractivity contribution in [2.45, 2.75) is 65.0 Å². The molecular formula is C27H40N4O6S. The summed E-state index contributed by atoms with van der Waals surface area (Å²) in [5.41, 5.74) is 2.00. The van der Waals surface area contributed by atoms with Gasteiger partial charge in [-0.1, -0.05) is 44.9 Å². The van der Waals surface area contributed by atoms with Gasteiger partial charge < -0.3 is 20.3 Å². The predicted molar refractivity (Wildman–Crippen MR) is 146 cm³/mol. The molecule has 0 spiro atoms. The van der Waals surface area contributed by atoms with E-state index in [2.05, 4.69) is 19.9 Å². The van der Waals surface area contributed by atoms with Gasteiger partial charge in [-0.2, -0.15) is 0 Å². The van der Waals surface area contributed by atoms with Gasteiger partial charge in [-0.25, -0.2) is 13.1 Å². The van der Waals surface area contributed by atoms with Gasteiger partial charge in [0.2, 0.25) is 21.8 Å². The molecule has 0 saturated carbocycles. The van der Waals surface area contributed by atoms with Crippen molar-refractivity contribution < 1.29 is 27.9 Å². The zero-order valence-corrected chi connectivity index (χ0v) is 23.2. The third-order valence-electron chi connectivity index (χ3n) is 6.98. The summed E-state index contributed by atoms with van der Waals surface area (Å²) in [5, 5.41) is 16.7. The minimum absolute atomic E-state index is 0.0299. The number of aryl methyl sites for hydroxylation is 1. The number of fused-ring (bicyclic) bond motifs is 5. The van der Waals surface area contributed by atoms with E-state index in [9.17, 15) is 27.9 Å². The van der Waals surface area contributed by atoms with Crippen LogP contribution in [0.15, 0.2) is 30.5 Å². The van der Waals surface area contributed by atoms with E-state index in [1.54, 1.807) is 0 Å². The fourth-order valence-corrected chi connectivity index (χ4v) is 5.56. The monoisotopic (exact) mass is 548 g/mol. The fraction of sp³-hybridized carbons (Fsp3) is 0.593. The molecule has 1 unspecified atom stereocenters. The maximum Gasteiger partial charge on any atom is 0.308 e. The molecule has 11 heteroatoms. The second-order valence-electron chi connectivity index (χ2n) is 10.6. The van der Waals surface area contributed by atoms with Crippen LogP contribution in [0.4, 0.5) is 0 Å². The van der Waals surface area contributed by atoms with Gasteiger partial charge >= 0.3 is 5.97 Å². The smallest absolute Gasteiger partial charge is 0.308 e. The van der Waals surface area contributed by atoms with Gasteiger partial charge in [0.1, 0.15) is 6.04 Å². The average molecular weight is 549 g/mol. The Morgan fingerprint density at radius 3 is 2.53 bits per heavy atom. The largest absolute Gasteiger partial charge is 0.481 e. The van der Waals surface area contributed by atoms with Crippen LogP contribution in [0, 0.1) is 17.8 Å². The zero-order valence-electron chi connectivity index (χ0n) is 22.4. The number of aromatic nitrogens is 1.